The molecule has 0 spiro atoms. The summed E-state index contributed by atoms with van der Waals surface area (Å²) in [4.78, 5) is 0. The molecule has 0 amide bonds. The topological polar surface area (TPSA) is 57.0 Å². The van der Waals surface area contributed by atoms with Crippen LogP contribution in [0.5, 0.6) is 0 Å². The molecule has 4 heavy (non-hydrogen) atoms. The van der Waals surface area contributed by atoms with Crippen molar-refractivity contribution < 1.29 is 87.8 Å². The first kappa shape index (κ1) is 31.7. The molecular weight excluding hydrogens is 312 g/mol. The summed E-state index contributed by atoms with van der Waals surface area (Å²) in [7, 11) is 0. The molecule has 0 N–H and O–H groups in total. The van der Waals surface area contributed by atoms with Crippen molar-refractivity contribution in [2.45, 2.75) is 0 Å². The Balaban J connectivity index is 0. The van der Waals surface area contributed by atoms with Crippen molar-refractivity contribution in [2.75, 3.05) is 0 Å². The Kier molecular flexibility index (Phi) is 142. The SMILES string of the molecule is [La+3].[O-2].[O-2].[Pr+3]. The average molecular weight is 312 g/mol. The van der Waals surface area contributed by atoms with Gasteiger partial charge in [0, 0.05) is 0 Å². The predicted molar refractivity (Wildman–Crippen MR) is 1.37 cm³/mol. The first-order valence-corrected chi connectivity index (χ1v) is 0. The van der Waals surface area contributed by atoms with Gasteiger partial charge < -0.3 is 11.0 Å². The van der Waals surface area contributed by atoms with Crippen LogP contribution in [0.15, 0.2) is 0 Å². The fraction of sp³-hybridized carbons (Fsp3) is 0. The normalized spacial score (nSPS) is 0. The number of hydrogen-bond donors (Lipinski definition) is 0. The smallest absolute Gasteiger partial charge is 2.00 e. The Morgan fingerprint density at radius 3 is 0.750 bits per heavy atom. The van der Waals surface area contributed by atoms with E-state index in [9.17, 15) is 0 Å². The van der Waals surface area contributed by atoms with E-state index in [4.69, 9.17) is 0 Å². The van der Waals surface area contributed by atoms with E-state index >= 15 is 0 Å². The van der Waals surface area contributed by atoms with E-state index in [2.05, 4.69) is 0 Å². The van der Waals surface area contributed by atoms with Crippen LogP contribution in [-0.2, 0) is 11.0 Å². The molecule has 0 saturated heterocycles. The summed E-state index contributed by atoms with van der Waals surface area (Å²) < 4.78 is 0. The van der Waals surface area contributed by atoms with Gasteiger partial charge in [-0.25, -0.2) is 0 Å². The largest absolute Gasteiger partial charge is 3.00 e. The third-order valence-electron chi connectivity index (χ3n) is 0. The zero-order chi connectivity index (χ0) is 0. The van der Waals surface area contributed by atoms with Gasteiger partial charge in [0.15, 0.2) is 0 Å². The summed E-state index contributed by atoms with van der Waals surface area (Å²) in [5.41, 5.74) is 0. The van der Waals surface area contributed by atoms with Gasteiger partial charge in [-0.1, -0.05) is 0 Å². The first-order chi connectivity index (χ1) is 0. The van der Waals surface area contributed by atoms with Crippen LogP contribution in [0.25, 0.3) is 0 Å². The summed E-state index contributed by atoms with van der Waals surface area (Å²) in [6.07, 6.45) is 0. The Hall–Kier alpha value is 2.48. The van der Waals surface area contributed by atoms with E-state index in [0.717, 1.165) is 0 Å². The standard InChI is InChI=1S/La.2O.Pr/q+3;2*-2;+3. The van der Waals surface area contributed by atoms with Gasteiger partial charge in [0.1, 0.15) is 0 Å². The van der Waals surface area contributed by atoms with E-state index in [-0.39, 0.29) is 87.8 Å². The second-order valence-corrected chi connectivity index (χ2v) is 0. The van der Waals surface area contributed by atoms with Gasteiger partial charge in [0.2, 0.25) is 0 Å². The van der Waals surface area contributed by atoms with Crippen molar-refractivity contribution in [2.24, 2.45) is 0 Å². The van der Waals surface area contributed by atoms with Gasteiger partial charge in [0.05, 0.1) is 0 Å². The molecule has 0 heterocycles. The Bertz CT molecular complexity index is 6.00. The summed E-state index contributed by atoms with van der Waals surface area (Å²) in [6, 6.07) is 0. The van der Waals surface area contributed by atoms with Gasteiger partial charge in [0.25, 0.3) is 0 Å². The van der Waals surface area contributed by atoms with Crippen LogP contribution in [0, 0.1) is 76.9 Å². The van der Waals surface area contributed by atoms with Crippen molar-refractivity contribution in [3.63, 3.8) is 0 Å². The van der Waals surface area contributed by atoms with Crippen LogP contribution in [0.4, 0.5) is 0 Å². The van der Waals surface area contributed by atoms with Crippen LogP contribution in [-0.4, -0.2) is 0 Å². The summed E-state index contributed by atoms with van der Waals surface area (Å²) >= 11 is 0. The second kappa shape index (κ2) is 17.9. The molecular formula is LaO2Pr+2. The maximum atomic E-state index is 0. The van der Waals surface area contributed by atoms with Gasteiger partial charge >= 0.3 is 76.9 Å². The first-order valence-electron chi connectivity index (χ1n) is 0. The Labute approximate surface area is 85.9 Å². The van der Waals surface area contributed by atoms with Gasteiger partial charge in [-0.3, -0.25) is 0 Å². The molecule has 0 rings (SSSR count). The van der Waals surface area contributed by atoms with Gasteiger partial charge in [-0.2, -0.15) is 0 Å². The molecule has 0 aromatic rings. The maximum absolute atomic E-state index is 0. The van der Waals surface area contributed by atoms with Crippen LogP contribution < -0.4 is 0 Å². The zero-order valence-electron chi connectivity index (χ0n) is 1.97. The quantitative estimate of drug-likeness (QED) is 0.593. The minimum Gasteiger partial charge on any atom is -2.00 e. The Morgan fingerprint density at radius 1 is 0.750 bits per heavy atom. The fourth-order valence-electron chi connectivity index (χ4n) is 0. The molecule has 0 fully saturated rings. The molecule has 16 valence electrons. The third-order valence-corrected chi connectivity index (χ3v) is 0. The fourth-order valence-corrected chi connectivity index (χ4v) is 0. The van der Waals surface area contributed by atoms with E-state index < -0.39 is 0 Å². The molecule has 0 aliphatic carbocycles. The van der Waals surface area contributed by atoms with Crippen LogP contribution in [0.3, 0.4) is 0 Å². The van der Waals surface area contributed by atoms with Crippen molar-refractivity contribution in [3.05, 3.63) is 0 Å². The van der Waals surface area contributed by atoms with Gasteiger partial charge in [-0.05, 0) is 0 Å². The second-order valence-electron chi connectivity index (χ2n) is 0. The molecule has 0 aliphatic rings. The minimum absolute atomic E-state index is 0. The van der Waals surface area contributed by atoms with Gasteiger partial charge in [-0.15, -0.1) is 0 Å². The summed E-state index contributed by atoms with van der Waals surface area (Å²) in [6.45, 7) is 0. The monoisotopic (exact) mass is 312 g/mol. The van der Waals surface area contributed by atoms with E-state index in [1.165, 1.54) is 0 Å². The molecule has 0 saturated carbocycles. The van der Waals surface area contributed by atoms with E-state index in [1.807, 2.05) is 0 Å². The van der Waals surface area contributed by atoms with Crippen molar-refractivity contribution >= 4 is 0 Å². The molecule has 2 nitrogen and oxygen atoms in total. The molecule has 0 radical (unpaired) electrons. The minimum atomic E-state index is 0. The zero-order valence-corrected chi connectivity index (χ0v) is 9.30. The van der Waals surface area contributed by atoms with Crippen molar-refractivity contribution in [1.29, 1.82) is 0 Å². The van der Waals surface area contributed by atoms with Crippen LogP contribution >= 0.6 is 0 Å². The van der Waals surface area contributed by atoms with Crippen molar-refractivity contribution in [1.82, 2.24) is 0 Å². The Morgan fingerprint density at radius 2 is 0.750 bits per heavy atom. The predicted octanol–water partition coefficient (Wildman–Crippen LogP) is -0.238. The molecule has 0 aliphatic heterocycles. The number of rotatable bonds is 0. The molecule has 4 heteroatoms. The molecule has 0 aromatic carbocycles. The van der Waals surface area contributed by atoms with E-state index in [0.29, 0.717) is 0 Å². The van der Waals surface area contributed by atoms with Crippen molar-refractivity contribution in [3.8, 4) is 0 Å². The summed E-state index contributed by atoms with van der Waals surface area (Å²) in [5, 5.41) is 0. The molecule has 0 atom stereocenters. The molecule has 0 unspecified atom stereocenters. The van der Waals surface area contributed by atoms with Crippen LogP contribution in [0.2, 0.25) is 0 Å². The van der Waals surface area contributed by atoms with E-state index in [1.54, 1.807) is 0 Å². The maximum Gasteiger partial charge on any atom is 3.00 e. The average Bonchev–Trinajstić information content (AvgIpc) is 0. The summed E-state index contributed by atoms with van der Waals surface area (Å²) in [5.74, 6) is 0. The molecule has 0 bridgehead atoms. The number of hydrogen-bond acceptors (Lipinski definition) is 0. The molecule has 0 aromatic heterocycles. The third kappa shape index (κ3) is 8.82. The van der Waals surface area contributed by atoms with Crippen LogP contribution in [0.1, 0.15) is 0 Å².